The number of anilines is 1. The lowest BCUT2D eigenvalue weighted by Gasteiger charge is -2.12. The third-order valence-corrected chi connectivity index (χ3v) is 5.24. The van der Waals surface area contributed by atoms with Crippen LogP contribution in [0.5, 0.6) is 0 Å². The van der Waals surface area contributed by atoms with Gasteiger partial charge in [0.05, 0.1) is 5.69 Å². The zero-order valence-corrected chi connectivity index (χ0v) is 19.0. The molecule has 0 aliphatic carbocycles. The summed E-state index contributed by atoms with van der Waals surface area (Å²) >= 11 is 5.93. The Morgan fingerprint density at radius 3 is 2.38 bits per heavy atom. The molecule has 1 aromatic heterocycles. The minimum absolute atomic E-state index is 0.418. The second-order valence-corrected chi connectivity index (χ2v) is 7.86. The molecule has 1 N–H and O–H groups in total. The molecule has 34 heavy (non-hydrogen) atoms. The van der Waals surface area contributed by atoms with E-state index in [0.717, 1.165) is 11.1 Å². The average molecular weight is 474 g/mol. The highest BCUT2D eigenvalue weighted by molar-refractivity contribution is 6.30. The Bertz CT molecular complexity index is 1400. The zero-order valence-electron chi connectivity index (χ0n) is 18.2. The van der Waals surface area contributed by atoms with Crippen molar-refractivity contribution < 1.29 is 14.3 Å². The van der Waals surface area contributed by atoms with E-state index in [1.807, 2.05) is 42.5 Å². The third-order valence-electron chi connectivity index (χ3n) is 4.99. The Hall–Kier alpha value is -4.23. The van der Waals surface area contributed by atoms with Gasteiger partial charge in [-0.15, -0.1) is 0 Å². The number of ether oxygens (including phenoxy) is 1. The molecular weight excluding hydrogens is 454 g/mol. The van der Waals surface area contributed by atoms with Crippen LogP contribution in [0.3, 0.4) is 0 Å². The van der Waals surface area contributed by atoms with E-state index in [0.29, 0.717) is 22.1 Å². The first-order valence-corrected chi connectivity index (χ1v) is 10.8. The fraction of sp³-hybridized carbons (Fsp3) is 0.0769. The average Bonchev–Trinajstić information content (AvgIpc) is 2.84. The number of carbonyl (C=O) groups is 2. The first kappa shape index (κ1) is 22.9. The van der Waals surface area contributed by atoms with Crippen molar-refractivity contribution in [3.8, 4) is 16.8 Å². The van der Waals surface area contributed by atoms with Gasteiger partial charge in [-0.25, -0.2) is 9.48 Å². The lowest BCUT2D eigenvalue weighted by atomic mass is 10.0. The first-order valence-electron chi connectivity index (χ1n) is 10.4. The normalized spacial score (nSPS) is 10.5. The van der Waals surface area contributed by atoms with Crippen LogP contribution in [0, 0.1) is 6.92 Å². The van der Waals surface area contributed by atoms with Crippen LogP contribution in [0.2, 0.25) is 5.02 Å². The maximum atomic E-state index is 12.6. The van der Waals surface area contributed by atoms with Crippen LogP contribution in [-0.4, -0.2) is 28.3 Å². The Balaban J connectivity index is 1.48. The van der Waals surface area contributed by atoms with E-state index in [4.69, 9.17) is 16.3 Å². The maximum absolute atomic E-state index is 12.6. The van der Waals surface area contributed by atoms with E-state index >= 15 is 0 Å². The molecule has 4 rings (SSSR count). The van der Waals surface area contributed by atoms with Gasteiger partial charge >= 0.3 is 5.97 Å². The van der Waals surface area contributed by atoms with Gasteiger partial charge in [-0.1, -0.05) is 60.1 Å². The van der Waals surface area contributed by atoms with Gasteiger partial charge in [-0.3, -0.25) is 9.59 Å². The number of nitrogens with zero attached hydrogens (tertiary/aromatic N) is 2. The summed E-state index contributed by atoms with van der Waals surface area (Å²) in [5.74, 6) is -1.53. The van der Waals surface area contributed by atoms with Crippen LogP contribution in [-0.2, 0) is 9.53 Å². The van der Waals surface area contributed by atoms with Gasteiger partial charge in [0.1, 0.15) is 0 Å². The monoisotopic (exact) mass is 473 g/mol. The second kappa shape index (κ2) is 10.1. The Kier molecular flexibility index (Phi) is 6.85. The number of aromatic nitrogens is 2. The number of amides is 1. The van der Waals surface area contributed by atoms with Crippen LogP contribution < -0.4 is 10.7 Å². The minimum Gasteiger partial charge on any atom is -0.451 e. The SMILES string of the molecule is Cc1cc(=O)c(C(=O)OCC(=O)Nc2ccccc2-c2ccccc2)nn1-c1ccc(Cl)cc1. The van der Waals surface area contributed by atoms with Crippen molar-refractivity contribution in [1.82, 2.24) is 9.78 Å². The number of aryl methyl sites for hydroxylation is 1. The molecule has 4 aromatic rings. The van der Waals surface area contributed by atoms with Crippen LogP contribution in [0.25, 0.3) is 16.8 Å². The summed E-state index contributed by atoms with van der Waals surface area (Å²) in [6.07, 6.45) is 0. The number of hydrogen-bond acceptors (Lipinski definition) is 5. The summed E-state index contributed by atoms with van der Waals surface area (Å²) in [5.41, 5.74) is 2.47. The molecular formula is C26H20ClN3O4. The fourth-order valence-electron chi connectivity index (χ4n) is 3.38. The molecule has 0 saturated carbocycles. The molecule has 0 radical (unpaired) electrons. The molecule has 0 atom stereocenters. The standard InChI is InChI=1S/C26H20ClN3O4/c1-17-15-23(31)25(29-30(17)20-13-11-19(27)12-14-20)26(33)34-16-24(32)28-22-10-6-5-9-21(22)18-7-3-2-4-8-18/h2-15H,16H2,1H3,(H,28,32). The number of esters is 1. The number of rotatable bonds is 6. The van der Waals surface area contributed by atoms with E-state index in [1.54, 1.807) is 43.3 Å². The number of hydrogen-bond donors (Lipinski definition) is 1. The molecule has 0 bridgehead atoms. The Morgan fingerprint density at radius 2 is 1.65 bits per heavy atom. The van der Waals surface area contributed by atoms with Gasteiger partial charge in [-0.2, -0.15) is 5.10 Å². The van der Waals surface area contributed by atoms with E-state index in [-0.39, 0.29) is 0 Å². The summed E-state index contributed by atoms with van der Waals surface area (Å²) in [5, 5.41) is 7.44. The molecule has 0 spiro atoms. The van der Waals surface area contributed by atoms with E-state index < -0.39 is 29.6 Å². The van der Waals surface area contributed by atoms with Crippen molar-refractivity contribution in [2.75, 3.05) is 11.9 Å². The molecule has 170 valence electrons. The zero-order chi connectivity index (χ0) is 24.1. The van der Waals surface area contributed by atoms with Crippen LogP contribution in [0.1, 0.15) is 16.2 Å². The number of benzene rings is 3. The summed E-state index contributed by atoms with van der Waals surface area (Å²) in [6, 6.07) is 24.9. The largest absolute Gasteiger partial charge is 0.451 e. The van der Waals surface area contributed by atoms with Crippen molar-refractivity contribution in [3.05, 3.63) is 112 Å². The second-order valence-electron chi connectivity index (χ2n) is 7.42. The highest BCUT2D eigenvalue weighted by atomic mass is 35.5. The van der Waals surface area contributed by atoms with Gasteiger partial charge < -0.3 is 10.1 Å². The van der Waals surface area contributed by atoms with Gasteiger partial charge in [-0.05, 0) is 42.8 Å². The quantitative estimate of drug-likeness (QED) is 0.411. The lowest BCUT2D eigenvalue weighted by molar-refractivity contribution is -0.119. The molecule has 0 aliphatic rings. The highest BCUT2D eigenvalue weighted by Gasteiger charge is 2.18. The summed E-state index contributed by atoms with van der Waals surface area (Å²) < 4.78 is 6.53. The smallest absolute Gasteiger partial charge is 0.363 e. The molecule has 8 heteroatoms. The molecule has 7 nitrogen and oxygen atoms in total. The van der Waals surface area contributed by atoms with Crippen molar-refractivity contribution in [2.45, 2.75) is 6.92 Å². The van der Waals surface area contributed by atoms with Crippen LogP contribution in [0.15, 0.2) is 89.7 Å². The van der Waals surface area contributed by atoms with Crippen molar-refractivity contribution in [3.63, 3.8) is 0 Å². The third kappa shape index (κ3) is 5.22. The van der Waals surface area contributed by atoms with Crippen molar-refractivity contribution in [1.29, 1.82) is 0 Å². The summed E-state index contributed by atoms with van der Waals surface area (Å²) in [6.45, 7) is 1.12. The summed E-state index contributed by atoms with van der Waals surface area (Å²) in [7, 11) is 0. The Labute approximate surface area is 200 Å². The van der Waals surface area contributed by atoms with Gasteiger partial charge in [0.2, 0.25) is 11.1 Å². The molecule has 1 heterocycles. The van der Waals surface area contributed by atoms with Crippen molar-refractivity contribution in [2.24, 2.45) is 0 Å². The molecule has 0 unspecified atom stereocenters. The molecule has 0 saturated heterocycles. The van der Waals surface area contributed by atoms with Crippen molar-refractivity contribution >= 4 is 29.2 Å². The van der Waals surface area contributed by atoms with Gasteiger partial charge in [0.15, 0.2) is 6.61 Å². The number of carbonyl (C=O) groups excluding carboxylic acids is 2. The molecule has 0 fully saturated rings. The molecule has 3 aromatic carbocycles. The van der Waals surface area contributed by atoms with E-state index in [2.05, 4.69) is 10.4 Å². The molecule has 1 amide bonds. The Morgan fingerprint density at radius 1 is 0.971 bits per heavy atom. The molecule has 0 aliphatic heterocycles. The number of halogens is 1. The lowest BCUT2D eigenvalue weighted by Crippen LogP contribution is -2.27. The first-order chi connectivity index (χ1) is 16.4. The predicted molar refractivity (Wildman–Crippen MR) is 130 cm³/mol. The van der Waals surface area contributed by atoms with Crippen LogP contribution >= 0.6 is 11.6 Å². The van der Waals surface area contributed by atoms with Gasteiger partial charge in [0.25, 0.3) is 5.91 Å². The van der Waals surface area contributed by atoms with Crippen LogP contribution in [0.4, 0.5) is 5.69 Å². The fourth-order valence-corrected chi connectivity index (χ4v) is 3.51. The van der Waals surface area contributed by atoms with Gasteiger partial charge in [0, 0.05) is 28.0 Å². The predicted octanol–water partition coefficient (Wildman–Crippen LogP) is 4.66. The minimum atomic E-state index is -0.987. The summed E-state index contributed by atoms with van der Waals surface area (Å²) in [4.78, 5) is 37.4. The highest BCUT2D eigenvalue weighted by Crippen LogP contribution is 2.27. The topological polar surface area (TPSA) is 90.3 Å². The maximum Gasteiger partial charge on any atom is 0.363 e. The van der Waals surface area contributed by atoms with E-state index in [9.17, 15) is 14.4 Å². The number of nitrogens with one attached hydrogen (secondary N) is 1. The number of para-hydroxylation sites is 1. The van der Waals surface area contributed by atoms with E-state index in [1.165, 1.54) is 10.7 Å².